The van der Waals surface area contributed by atoms with E-state index in [1.54, 1.807) is 7.11 Å². The third kappa shape index (κ3) is 4.01. The maximum Gasteiger partial charge on any atom is 0.105 e. The molecule has 0 aromatic carbocycles. The summed E-state index contributed by atoms with van der Waals surface area (Å²) in [6.07, 6.45) is 3.83. The number of aryl methyl sites for hydroxylation is 1. The van der Waals surface area contributed by atoms with Crippen molar-refractivity contribution in [3.8, 4) is 0 Å². The summed E-state index contributed by atoms with van der Waals surface area (Å²) in [5.41, 5.74) is -0.0933. The SMILES string of the molecule is COC(C)(C)CNCCn1ccnc1C. The van der Waals surface area contributed by atoms with Crippen LogP contribution in [0.4, 0.5) is 0 Å². The van der Waals surface area contributed by atoms with E-state index in [0.717, 1.165) is 25.5 Å². The van der Waals surface area contributed by atoms with Gasteiger partial charge in [-0.25, -0.2) is 4.98 Å². The van der Waals surface area contributed by atoms with E-state index < -0.39 is 0 Å². The molecule has 1 heterocycles. The van der Waals surface area contributed by atoms with Crippen LogP contribution in [0.1, 0.15) is 19.7 Å². The lowest BCUT2D eigenvalue weighted by molar-refractivity contribution is 0.0233. The Kier molecular flexibility index (Phi) is 4.29. The van der Waals surface area contributed by atoms with Crippen LogP contribution in [0.5, 0.6) is 0 Å². The Morgan fingerprint density at radius 1 is 1.53 bits per heavy atom. The van der Waals surface area contributed by atoms with Crippen LogP contribution in [-0.4, -0.2) is 35.4 Å². The van der Waals surface area contributed by atoms with Gasteiger partial charge in [-0.2, -0.15) is 0 Å². The highest BCUT2D eigenvalue weighted by Gasteiger charge is 2.14. The first kappa shape index (κ1) is 12.2. The van der Waals surface area contributed by atoms with E-state index in [1.165, 1.54) is 0 Å². The van der Waals surface area contributed by atoms with E-state index in [2.05, 4.69) is 28.7 Å². The fourth-order valence-electron chi connectivity index (χ4n) is 1.30. The second-order valence-electron chi connectivity index (χ2n) is 4.31. The third-order valence-corrected chi connectivity index (χ3v) is 2.56. The van der Waals surface area contributed by atoms with Gasteiger partial charge >= 0.3 is 0 Å². The average molecular weight is 211 g/mol. The molecule has 0 bridgehead atoms. The minimum absolute atomic E-state index is 0.0933. The van der Waals surface area contributed by atoms with Crippen molar-refractivity contribution in [2.45, 2.75) is 32.9 Å². The predicted molar refractivity (Wildman–Crippen MR) is 60.9 cm³/mol. The number of hydrogen-bond acceptors (Lipinski definition) is 3. The van der Waals surface area contributed by atoms with E-state index >= 15 is 0 Å². The largest absolute Gasteiger partial charge is 0.377 e. The molecule has 0 atom stereocenters. The van der Waals surface area contributed by atoms with Crippen molar-refractivity contribution in [3.63, 3.8) is 0 Å². The molecule has 1 aromatic heterocycles. The van der Waals surface area contributed by atoms with Crippen molar-refractivity contribution >= 4 is 0 Å². The Balaban J connectivity index is 2.20. The molecule has 4 nitrogen and oxygen atoms in total. The Morgan fingerprint density at radius 3 is 2.80 bits per heavy atom. The summed E-state index contributed by atoms with van der Waals surface area (Å²) in [5.74, 6) is 1.06. The molecule has 0 unspecified atom stereocenters. The number of imidazole rings is 1. The molecule has 0 aliphatic rings. The lowest BCUT2D eigenvalue weighted by atomic mass is 10.1. The van der Waals surface area contributed by atoms with Crippen molar-refractivity contribution in [2.24, 2.45) is 0 Å². The topological polar surface area (TPSA) is 39.1 Å². The summed E-state index contributed by atoms with van der Waals surface area (Å²) < 4.78 is 7.45. The molecule has 0 fully saturated rings. The monoisotopic (exact) mass is 211 g/mol. The van der Waals surface area contributed by atoms with Crippen LogP contribution < -0.4 is 5.32 Å². The molecule has 1 N–H and O–H groups in total. The van der Waals surface area contributed by atoms with Gasteiger partial charge in [0.15, 0.2) is 0 Å². The van der Waals surface area contributed by atoms with Gasteiger partial charge in [0, 0.05) is 39.1 Å². The second-order valence-corrected chi connectivity index (χ2v) is 4.31. The number of rotatable bonds is 6. The minimum Gasteiger partial charge on any atom is -0.377 e. The number of hydrogen-bond donors (Lipinski definition) is 1. The number of ether oxygens (including phenoxy) is 1. The lowest BCUT2D eigenvalue weighted by Crippen LogP contribution is -2.38. The molecule has 1 aromatic rings. The highest BCUT2D eigenvalue weighted by Crippen LogP contribution is 2.04. The molecule has 0 aliphatic heterocycles. The van der Waals surface area contributed by atoms with Crippen molar-refractivity contribution < 1.29 is 4.74 Å². The van der Waals surface area contributed by atoms with Crippen LogP contribution >= 0.6 is 0 Å². The molecular weight excluding hydrogens is 190 g/mol. The van der Waals surface area contributed by atoms with Gasteiger partial charge in [0.2, 0.25) is 0 Å². The first-order valence-electron chi connectivity index (χ1n) is 5.29. The Hall–Kier alpha value is -0.870. The first-order chi connectivity index (χ1) is 7.05. The Bertz CT molecular complexity index is 294. The van der Waals surface area contributed by atoms with Crippen molar-refractivity contribution in [3.05, 3.63) is 18.2 Å². The van der Waals surface area contributed by atoms with Gasteiger partial charge in [-0.1, -0.05) is 0 Å². The number of aromatic nitrogens is 2. The van der Waals surface area contributed by atoms with Gasteiger partial charge in [0.1, 0.15) is 5.82 Å². The summed E-state index contributed by atoms with van der Waals surface area (Å²) in [7, 11) is 1.74. The fraction of sp³-hybridized carbons (Fsp3) is 0.727. The lowest BCUT2D eigenvalue weighted by Gasteiger charge is -2.23. The zero-order valence-electron chi connectivity index (χ0n) is 10.1. The Morgan fingerprint density at radius 2 is 2.27 bits per heavy atom. The molecule has 0 saturated carbocycles. The fourth-order valence-corrected chi connectivity index (χ4v) is 1.30. The van der Waals surface area contributed by atoms with Crippen LogP contribution in [-0.2, 0) is 11.3 Å². The zero-order valence-corrected chi connectivity index (χ0v) is 10.1. The molecule has 86 valence electrons. The predicted octanol–water partition coefficient (Wildman–Crippen LogP) is 1.21. The molecule has 0 aliphatic carbocycles. The van der Waals surface area contributed by atoms with E-state index in [1.807, 2.05) is 19.3 Å². The van der Waals surface area contributed by atoms with Crippen LogP contribution in [0.3, 0.4) is 0 Å². The van der Waals surface area contributed by atoms with Crippen LogP contribution in [0, 0.1) is 6.92 Å². The van der Waals surface area contributed by atoms with E-state index in [4.69, 9.17) is 4.74 Å². The van der Waals surface area contributed by atoms with Gasteiger partial charge in [0.05, 0.1) is 5.60 Å². The first-order valence-corrected chi connectivity index (χ1v) is 5.29. The molecule has 15 heavy (non-hydrogen) atoms. The van der Waals surface area contributed by atoms with Gasteiger partial charge in [-0.05, 0) is 20.8 Å². The summed E-state index contributed by atoms with van der Waals surface area (Å²) in [6.45, 7) is 8.90. The molecule has 0 spiro atoms. The van der Waals surface area contributed by atoms with Gasteiger partial charge < -0.3 is 14.6 Å². The standard InChI is InChI=1S/C11H21N3O/c1-10-13-6-8-14(10)7-5-12-9-11(2,3)15-4/h6,8,12H,5,7,9H2,1-4H3. The quantitative estimate of drug-likeness (QED) is 0.719. The molecule has 0 amide bonds. The average Bonchev–Trinajstić information content (AvgIpc) is 2.59. The zero-order chi connectivity index (χ0) is 11.3. The Labute approximate surface area is 91.7 Å². The highest BCUT2D eigenvalue weighted by atomic mass is 16.5. The number of nitrogens with one attached hydrogen (secondary N) is 1. The molecule has 0 saturated heterocycles. The molecule has 4 heteroatoms. The maximum absolute atomic E-state index is 5.32. The van der Waals surface area contributed by atoms with E-state index in [0.29, 0.717) is 0 Å². The van der Waals surface area contributed by atoms with Gasteiger partial charge in [-0.15, -0.1) is 0 Å². The molecular formula is C11H21N3O. The second kappa shape index (κ2) is 5.28. The summed E-state index contributed by atoms with van der Waals surface area (Å²) >= 11 is 0. The van der Waals surface area contributed by atoms with Gasteiger partial charge in [0.25, 0.3) is 0 Å². The normalized spacial score (nSPS) is 12.0. The van der Waals surface area contributed by atoms with Crippen LogP contribution in [0.15, 0.2) is 12.4 Å². The van der Waals surface area contributed by atoms with Gasteiger partial charge in [-0.3, -0.25) is 0 Å². The summed E-state index contributed by atoms with van der Waals surface area (Å²) in [5, 5.41) is 3.37. The van der Waals surface area contributed by atoms with Crippen molar-refractivity contribution in [2.75, 3.05) is 20.2 Å². The minimum atomic E-state index is -0.0933. The number of nitrogens with zero attached hydrogens (tertiary/aromatic N) is 2. The van der Waals surface area contributed by atoms with E-state index in [9.17, 15) is 0 Å². The van der Waals surface area contributed by atoms with Crippen molar-refractivity contribution in [1.29, 1.82) is 0 Å². The van der Waals surface area contributed by atoms with Crippen LogP contribution in [0.2, 0.25) is 0 Å². The molecule has 1 rings (SSSR count). The smallest absolute Gasteiger partial charge is 0.105 e. The summed E-state index contributed by atoms with van der Waals surface area (Å²) in [6, 6.07) is 0. The summed E-state index contributed by atoms with van der Waals surface area (Å²) in [4.78, 5) is 4.17. The molecule has 0 radical (unpaired) electrons. The van der Waals surface area contributed by atoms with E-state index in [-0.39, 0.29) is 5.60 Å². The van der Waals surface area contributed by atoms with Crippen molar-refractivity contribution in [1.82, 2.24) is 14.9 Å². The highest BCUT2D eigenvalue weighted by molar-refractivity contribution is 4.88. The number of methoxy groups -OCH3 is 1. The third-order valence-electron chi connectivity index (χ3n) is 2.56. The maximum atomic E-state index is 5.32. The van der Waals surface area contributed by atoms with Crippen LogP contribution in [0.25, 0.3) is 0 Å².